The van der Waals surface area contributed by atoms with Crippen LogP contribution in [0.4, 0.5) is 0 Å². The SMILES string of the molecule is C(=C\c1nc2ccccc2o1)/c1ccc(OCCCC2CCCNC2)cc1. The van der Waals surface area contributed by atoms with E-state index in [1.807, 2.05) is 48.6 Å². The van der Waals surface area contributed by atoms with E-state index >= 15 is 0 Å². The second-order valence-electron chi connectivity index (χ2n) is 7.13. The van der Waals surface area contributed by atoms with Crippen molar-refractivity contribution in [2.75, 3.05) is 19.7 Å². The van der Waals surface area contributed by atoms with E-state index in [9.17, 15) is 0 Å². The topological polar surface area (TPSA) is 47.3 Å². The van der Waals surface area contributed by atoms with Gasteiger partial charge in [0.05, 0.1) is 6.61 Å². The lowest BCUT2D eigenvalue weighted by atomic mass is 9.95. The van der Waals surface area contributed by atoms with Crippen molar-refractivity contribution < 1.29 is 9.15 Å². The summed E-state index contributed by atoms with van der Waals surface area (Å²) in [4.78, 5) is 4.45. The van der Waals surface area contributed by atoms with Gasteiger partial charge in [0.1, 0.15) is 11.3 Å². The van der Waals surface area contributed by atoms with Crippen LogP contribution in [0.25, 0.3) is 23.3 Å². The molecule has 1 saturated heterocycles. The monoisotopic (exact) mass is 362 g/mol. The largest absolute Gasteiger partial charge is 0.494 e. The van der Waals surface area contributed by atoms with E-state index in [-0.39, 0.29) is 0 Å². The Balaban J connectivity index is 1.25. The second kappa shape index (κ2) is 8.87. The molecule has 1 aliphatic heterocycles. The standard InChI is InChI=1S/C23H26N2O2/c1-2-8-22-21(7-1)25-23(27-22)14-11-18-9-12-20(13-10-18)26-16-4-6-19-5-3-15-24-17-19/h1-2,7-14,19,24H,3-6,15-17H2/b14-11+. The van der Waals surface area contributed by atoms with Gasteiger partial charge >= 0.3 is 0 Å². The summed E-state index contributed by atoms with van der Waals surface area (Å²) in [6.07, 6.45) is 8.93. The van der Waals surface area contributed by atoms with Crippen LogP contribution in [0.2, 0.25) is 0 Å². The molecule has 1 aliphatic rings. The fraction of sp³-hybridized carbons (Fsp3) is 0.348. The van der Waals surface area contributed by atoms with Gasteiger partial charge in [-0.2, -0.15) is 0 Å². The Morgan fingerprint density at radius 2 is 2.00 bits per heavy atom. The molecule has 1 N–H and O–H groups in total. The molecule has 27 heavy (non-hydrogen) atoms. The molecule has 4 nitrogen and oxygen atoms in total. The van der Waals surface area contributed by atoms with Crippen LogP contribution in [0.15, 0.2) is 52.9 Å². The van der Waals surface area contributed by atoms with Crippen molar-refractivity contribution in [2.45, 2.75) is 25.7 Å². The van der Waals surface area contributed by atoms with Gasteiger partial charge in [0.2, 0.25) is 5.89 Å². The normalized spacial score (nSPS) is 17.6. The summed E-state index contributed by atoms with van der Waals surface area (Å²) in [5.41, 5.74) is 2.78. The van der Waals surface area contributed by atoms with Crippen LogP contribution in [-0.2, 0) is 0 Å². The number of fused-ring (bicyclic) bond motifs is 1. The smallest absolute Gasteiger partial charge is 0.220 e. The highest BCUT2D eigenvalue weighted by Crippen LogP contribution is 2.19. The molecule has 140 valence electrons. The fourth-order valence-corrected chi connectivity index (χ4v) is 3.54. The summed E-state index contributed by atoms with van der Waals surface area (Å²) in [6.45, 7) is 3.13. The molecule has 2 aromatic carbocycles. The number of piperidine rings is 1. The van der Waals surface area contributed by atoms with Gasteiger partial charge < -0.3 is 14.5 Å². The van der Waals surface area contributed by atoms with E-state index in [2.05, 4.69) is 22.4 Å². The Morgan fingerprint density at radius 3 is 2.81 bits per heavy atom. The van der Waals surface area contributed by atoms with Gasteiger partial charge in [0.15, 0.2) is 5.58 Å². The molecule has 1 atom stereocenters. The minimum atomic E-state index is 0.619. The maximum absolute atomic E-state index is 5.88. The van der Waals surface area contributed by atoms with Crippen LogP contribution in [0.1, 0.15) is 37.1 Å². The summed E-state index contributed by atoms with van der Waals surface area (Å²) in [5, 5.41) is 3.47. The molecule has 4 rings (SSSR count). The zero-order chi connectivity index (χ0) is 18.3. The lowest BCUT2D eigenvalue weighted by Crippen LogP contribution is -2.29. The minimum Gasteiger partial charge on any atom is -0.494 e. The molecular formula is C23H26N2O2. The maximum Gasteiger partial charge on any atom is 0.220 e. The second-order valence-corrected chi connectivity index (χ2v) is 7.13. The van der Waals surface area contributed by atoms with Crippen molar-refractivity contribution in [3.8, 4) is 5.75 Å². The van der Waals surface area contributed by atoms with Crippen molar-refractivity contribution in [3.63, 3.8) is 0 Å². The third-order valence-corrected chi connectivity index (χ3v) is 5.03. The Kier molecular flexibility index (Phi) is 5.85. The van der Waals surface area contributed by atoms with Crippen LogP contribution in [-0.4, -0.2) is 24.7 Å². The molecule has 0 bridgehead atoms. The van der Waals surface area contributed by atoms with Crippen LogP contribution in [0.5, 0.6) is 5.75 Å². The molecular weight excluding hydrogens is 336 g/mol. The van der Waals surface area contributed by atoms with Gasteiger partial charge in [-0.1, -0.05) is 24.3 Å². The lowest BCUT2D eigenvalue weighted by Gasteiger charge is -2.22. The van der Waals surface area contributed by atoms with E-state index < -0.39 is 0 Å². The fourth-order valence-electron chi connectivity index (χ4n) is 3.54. The van der Waals surface area contributed by atoms with E-state index in [1.54, 1.807) is 0 Å². The average Bonchev–Trinajstić information content (AvgIpc) is 3.14. The maximum atomic E-state index is 5.88. The first-order valence-corrected chi connectivity index (χ1v) is 9.84. The van der Waals surface area contributed by atoms with E-state index in [0.717, 1.165) is 41.4 Å². The summed E-state index contributed by atoms with van der Waals surface area (Å²) in [7, 11) is 0. The average molecular weight is 362 g/mol. The number of nitrogens with zero attached hydrogens (tertiary/aromatic N) is 1. The molecule has 0 radical (unpaired) electrons. The summed E-state index contributed by atoms with van der Waals surface area (Å²) in [5.74, 6) is 2.37. The highest BCUT2D eigenvalue weighted by molar-refractivity contribution is 5.75. The van der Waals surface area contributed by atoms with E-state index in [4.69, 9.17) is 9.15 Å². The number of hydrogen-bond acceptors (Lipinski definition) is 4. The first-order valence-electron chi connectivity index (χ1n) is 9.84. The molecule has 2 heterocycles. The molecule has 0 saturated carbocycles. The molecule has 0 aliphatic carbocycles. The van der Waals surface area contributed by atoms with Crippen LogP contribution < -0.4 is 10.1 Å². The predicted molar refractivity (Wildman–Crippen MR) is 110 cm³/mol. The highest BCUT2D eigenvalue weighted by Gasteiger charge is 2.12. The van der Waals surface area contributed by atoms with Gasteiger partial charge in [0, 0.05) is 6.08 Å². The number of hydrogen-bond donors (Lipinski definition) is 1. The Morgan fingerprint density at radius 1 is 1.11 bits per heavy atom. The molecule has 0 spiro atoms. The molecule has 1 fully saturated rings. The van der Waals surface area contributed by atoms with Crippen molar-refractivity contribution in [1.82, 2.24) is 10.3 Å². The minimum absolute atomic E-state index is 0.619. The number of ether oxygens (including phenoxy) is 1. The number of aromatic nitrogens is 1. The van der Waals surface area contributed by atoms with E-state index in [0.29, 0.717) is 5.89 Å². The summed E-state index contributed by atoms with van der Waals surface area (Å²) >= 11 is 0. The van der Waals surface area contributed by atoms with Crippen molar-refractivity contribution in [3.05, 3.63) is 60.0 Å². The van der Waals surface area contributed by atoms with E-state index in [1.165, 1.54) is 32.4 Å². The molecule has 3 aromatic rings. The first kappa shape index (κ1) is 17.8. The Labute approximate surface area is 160 Å². The lowest BCUT2D eigenvalue weighted by molar-refractivity contribution is 0.275. The van der Waals surface area contributed by atoms with Gasteiger partial charge in [-0.15, -0.1) is 0 Å². The highest BCUT2D eigenvalue weighted by atomic mass is 16.5. The zero-order valence-electron chi connectivity index (χ0n) is 15.6. The molecule has 0 amide bonds. The zero-order valence-corrected chi connectivity index (χ0v) is 15.6. The van der Waals surface area contributed by atoms with Crippen molar-refractivity contribution in [2.24, 2.45) is 5.92 Å². The predicted octanol–water partition coefficient (Wildman–Crippen LogP) is 5.16. The van der Waals surface area contributed by atoms with Gasteiger partial charge in [-0.05, 0) is 80.6 Å². The number of oxazole rings is 1. The van der Waals surface area contributed by atoms with Crippen LogP contribution in [0.3, 0.4) is 0 Å². The number of rotatable bonds is 7. The Bertz CT molecular complexity index is 844. The van der Waals surface area contributed by atoms with Gasteiger partial charge in [0.25, 0.3) is 0 Å². The number of nitrogens with one attached hydrogen (secondary N) is 1. The van der Waals surface area contributed by atoms with Crippen LogP contribution >= 0.6 is 0 Å². The molecule has 1 unspecified atom stereocenters. The number of para-hydroxylation sites is 2. The first-order chi connectivity index (χ1) is 13.4. The number of benzene rings is 2. The molecule has 4 heteroatoms. The van der Waals surface area contributed by atoms with Crippen LogP contribution in [0, 0.1) is 5.92 Å². The van der Waals surface area contributed by atoms with Gasteiger partial charge in [-0.25, -0.2) is 4.98 Å². The third kappa shape index (κ3) is 4.98. The Hall–Kier alpha value is -2.59. The van der Waals surface area contributed by atoms with Gasteiger partial charge in [-0.3, -0.25) is 0 Å². The summed E-state index contributed by atoms with van der Waals surface area (Å²) in [6, 6.07) is 15.9. The molecule has 1 aromatic heterocycles. The van der Waals surface area contributed by atoms with Crippen molar-refractivity contribution in [1.29, 1.82) is 0 Å². The quantitative estimate of drug-likeness (QED) is 0.590. The third-order valence-electron chi connectivity index (χ3n) is 5.03. The van der Waals surface area contributed by atoms with Crippen molar-refractivity contribution >= 4 is 23.3 Å². The summed E-state index contributed by atoms with van der Waals surface area (Å²) < 4.78 is 11.6.